The number of rotatable bonds is 4. The molecular formula is C12H12ClN3O2. The maximum atomic E-state index is 11.3. The highest BCUT2D eigenvalue weighted by Gasteiger charge is 2.09. The maximum Gasteiger partial charge on any atom is 0.250 e. The molecule has 0 aliphatic rings. The molecule has 1 aromatic carbocycles. The van der Waals surface area contributed by atoms with Crippen LogP contribution in [0, 0.1) is 6.92 Å². The molecule has 0 radical (unpaired) electrons. The predicted molar refractivity (Wildman–Crippen MR) is 68.5 cm³/mol. The molecule has 2 rings (SSSR count). The largest absolute Gasteiger partial charge is 0.379 e. The first-order chi connectivity index (χ1) is 8.56. The number of aryl methyl sites for hydroxylation is 1. The molecule has 1 heterocycles. The van der Waals surface area contributed by atoms with E-state index in [1.54, 1.807) is 12.1 Å². The number of anilines is 1. The lowest BCUT2D eigenvalue weighted by Crippen LogP contribution is -2.14. The third-order valence-corrected chi connectivity index (χ3v) is 2.62. The van der Waals surface area contributed by atoms with Crippen molar-refractivity contribution in [1.82, 2.24) is 5.16 Å². The molecular weight excluding hydrogens is 254 g/mol. The quantitative estimate of drug-likeness (QED) is 0.889. The Morgan fingerprint density at radius 2 is 2.28 bits per heavy atom. The molecule has 0 saturated carbocycles. The Hall–Kier alpha value is -2.01. The van der Waals surface area contributed by atoms with Gasteiger partial charge in [-0.2, -0.15) is 0 Å². The van der Waals surface area contributed by atoms with E-state index in [1.165, 1.54) is 6.07 Å². The first kappa shape index (κ1) is 12.4. The van der Waals surface area contributed by atoms with Crippen molar-refractivity contribution in [1.29, 1.82) is 0 Å². The monoisotopic (exact) mass is 265 g/mol. The molecule has 18 heavy (non-hydrogen) atoms. The molecule has 0 aliphatic heterocycles. The van der Waals surface area contributed by atoms with Gasteiger partial charge in [-0.05, 0) is 25.1 Å². The molecule has 0 unspecified atom stereocenters. The lowest BCUT2D eigenvalue weighted by atomic mass is 10.1. The number of benzene rings is 1. The minimum absolute atomic E-state index is 0.350. The molecule has 3 N–H and O–H groups in total. The van der Waals surface area contributed by atoms with Gasteiger partial charge in [0, 0.05) is 16.8 Å². The number of carbonyl (C=O) groups is 1. The number of aromatic nitrogens is 1. The third kappa shape index (κ3) is 2.81. The van der Waals surface area contributed by atoms with Gasteiger partial charge in [0.25, 0.3) is 5.91 Å². The van der Waals surface area contributed by atoms with Gasteiger partial charge < -0.3 is 15.6 Å². The van der Waals surface area contributed by atoms with Crippen molar-refractivity contribution in [3.8, 4) is 0 Å². The van der Waals surface area contributed by atoms with Crippen LogP contribution in [-0.2, 0) is 6.54 Å². The van der Waals surface area contributed by atoms with Gasteiger partial charge in [0.05, 0.1) is 12.1 Å². The van der Waals surface area contributed by atoms with Crippen LogP contribution in [0.1, 0.15) is 21.8 Å². The van der Waals surface area contributed by atoms with Gasteiger partial charge in [-0.25, -0.2) is 0 Å². The lowest BCUT2D eigenvalue weighted by Gasteiger charge is -2.08. The van der Waals surface area contributed by atoms with Crippen molar-refractivity contribution in [3.63, 3.8) is 0 Å². The highest BCUT2D eigenvalue weighted by Crippen LogP contribution is 2.20. The Labute approximate surface area is 109 Å². The summed E-state index contributed by atoms with van der Waals surface area (Å²) in [5, 5.41) is 7.38. The summed E-state index contributed by atoms with van der Waals surface area (Å²) in [5.74, 6) is 0.203. The fourth-order valence-electron chi connectivity index (χ4n) is 1.56. The fraction of sp³-hybridized carbons (Fsp3) is 0.167. The molecule has 1 aromatic heterocycles. The Kier molecular flexibility index (Phi) is 3.53. The summed E-state index contributed by atoms with van der Waals surface area (Å²) in [6.07, 6.45) is 0. The van der Waals surface area contributed by atoms with Gasteiger partial charge in [0.15, 0.2) is 0 Å². The molecule has 6 heteroatoms. The van der Waals surface area contributed by atoms with Crippen LogP contribution in [0.15, 0.2) is 28.8 Å². The van der Waals surface area contributed by atoms with Crippen molar-refractivity contribution in [3.05, 3.63) is 46.3 Å². The number of nitrogens with one attached hydrogen (secondary N) is 1. The molecule has 0 fully saturated rings. The summed E-state index contributed by atoms with van der Waals surface area (Å²) < 4.78 is 4.95. The zero-order valence-corrected chi connectivity index (χ0v) is 10.5. The number of carbonyl (C=O) groups excluding carboxylic acids is 1. The van der Waals surface area contributed by atoms with Crippen LogP contribution < -0.4 is 11.1 Å². The van der Waals surface area contributed by atoms with Crippen molar-refractivity contribution in [2.24, 2.45) is 5.73 Å². The minimum atomic E-state index is -0.531. The summed E-state index contributed by atoms with van der Waals surface area (Å²) in [5.41, 5.74) is 7.00. The number of halogens is 1. The standard InChI is InChI=1S/C12H12ClN3O2/c1-7-4-9(16-18-7)6-15-11-3-2-8(13)5-10(11)12(14)17/h2-5,15H,6H2,1H3,(H2,14,17). The Morgan fingerprint density at radius 3 is 2.89 bits per heavy atom. The summed E-state index contributed by atoms with van der Waals surface area (Å²) in [7, 11) is 0. The second-order valence-electron chi connectivity index (χ2n) is 3.84. The van der Waals surface area contributed by atoms with E-state index in [2.05, 4.69) is 10.5 Å². The zero-order valence-electron chi connectivity index (χ0n) is 9.74. The molecule has 0 atom stereocenters. The second-order valence-corrected chi connectivity index (χ2v) is 4.27. The van der Waals surface area contributed by atoms with Crippen molar-refractivity contribution in [2.75, 3.05) is 5.32 Å². The smallest absolute Gasteiger partial charge is 0.250 e. The molecule has 5 nitrogen and oxygen atoms in total. The van der Waals surface area contributed by atoms with E-state index in [-0.39, 0.29) is 0 Å². The second kappa shape index (κ2) is 5.10. The first-order valence-corrected chi connectivity index (χ1v) is 5.69. The van der Waals surface area contributed by atoms with Crippen LogP contribution in [0.25, 0.3) is 0 Å². The van der Waals surface area contributed by atoms with E-state index < -0.39 is 5.91 Å². The number of hydrogen-bond acceptors (Lipinski definition) is 4. The van der Waals surface area contributed by atoms with E-state index in [0.717, 1.165) is 11.5 Å². The highest BCUT2D eigenvalue weighted by atomic mass is 35.5. The molecule has 0 aliphatic carbocycles. The van der Waals surface area contributed by atoms with Crippen LogP contribution >= 0.6 is 11.6 Å². The number of amides is 1. The van der Waals surface area contributed by atoms with Crippen LogP contribution in [0.2, 0.25) is 5.02 Å². The van der Waals surface area contributed by atoms with E-state index in [0.29, 0.717) is 22.8 Å². The third-order valence-electron chi connectivity index (χ3n) is 2.38. The van der Waals surface area contributed by atoms with Gasteiger partial charge in [0.1, 0.15) is 11.5 Å². The van der Waals surface area contributed by atoms with Crippen molar-refractivity contribution < 1.29 is 9.32 Å². The van der Waals surface area contributed by atoms with Gasteiger partial charge in [-0.15, -0.1) is 0 Å². The van der Waals surface area contributed by atoms with Gasteiger partial charge in [0.2, 0.25) is 0 Å². The van der Waals surface area contributed by atoms with Crippen LogP contribution in [0.5, 0.6) is 0 Å². The molecule has 2 aromatic rings. The molecule has 94 valence electrons. The SMILES string of the molecule is Cc1cc(CNc2ccc(Cl)cc2C(N)=O)no1. The van der Waals surface area contributed by atoms with Gasteiger partial charge >= 0.3 is 0 Å². The predicted octanol–water partition coefficient (Wildman–Crippen LogP) is 2.35. The zero-order chi connectivity index (χ0) is 13.1. The summed E-state index contributed by atoms with van der Waals surface area (Å²) in [6, 6.07) is 6.73. The summed E-state index contributed by atoms with van der Waals surface area (Å²) >= 11 is 5.82. The van der Waals surface area contributed by atoms with E-state index >= 15 is 0 Å². The Morgan fingerprint density at radius 1 is 1.50 bits per heavy atom. The minimum Gasteiger partial charge on any atom is -0.379 e. The number of hydrogen-bond donors (Lipinski definition) is 2. The first-order valence-electron chi connectivity index (χ1n) is 5.31. The number of primary amides is 1. The van der Waals surface area contributed by atoms with E-state index in [4.69, 9.17) is 21.9 Å². The van der Waals surface area contributed by atoms with E-state index in [1.807, 2.05) is 13.0 Å². The van der Waals surface area contributed by atoms with Crippen molar-refractivity contribution in [2.45, 2.75) is 13.5 Å². The summed E-state index contributed by atoms with van der Waals surface area (Å²) in [6.45, 7) is 2.26. The van der Waals surface area contributed by atoms with Crippen LogP contribution in [0.3, 0.4) is 0 Å². The highest BCUT2D eigenvalue weighted by molar-refractivity contribution is 6.31. The van der Waals surface area contributed by atoms with Crippen LogP contribution in [0.4, 0.5) is 5.69 Å². The van der Waals surface area contributed by atoms with Crippen molar-refractivity contribution >= 4 is 23.2 Å². The van der Waals surface area contributed by atoms with Crippen LogP contribution in [-0.4, -0.2) is 11.1 Å². The van der Waals surface area contributed by atoms with E-state index in [9.17, 15) is 4.79 Å². The number of nitrogens with two attached hydrogens (primary N) is 1. The molecule has 0 spiro atoms. The topological polar surface area (TPSA) is 81.1 Å². The number of nitrogens with zero attached hydrogens (tertiary/aromatic N) is 1. The fourth-order valence-corrected chi connectivity index (χ4v) is 1.73. The normalized spacial score (nSPS) is 10.3. The average Bonchev–Trinajstić information content (AvgIpc) is 2.73. The molecule has 1 amide bonds. The maximum absolute atomic E-state index is 11.3. The molecule has 0 bridgehead atoms. The Balaban J connectivity index is 2.16. The Bertz CT molecular complexity index is 580. The lowest BCUT2D eigenvalue weighted by molar-refractivity contribution is 0.100. The molecule has 0 saturated heterocycles. The van der Waals surface area contributed by atoms with Gasteiger partial charge in [-0.3, -0.25) is 4.79 Å². The van der Waals surface area contributed by atoms with Gasteiger partial charge in [-0.1, -0.05) is 16.8 Å². The summed E-state index contributed by atoms with van der Waals surface area (Å²) in [4.78, 5) is 11.3. The average molecular weight is 266 g/mol.